The summed E-state index contributed by atoms with van der Waals surface area (Å²) in [6.07, 6.45) is 0.954. The molecule has 7 atom stereocenters. The number of Topliss-reactive ketones (excluding diaryl/α,β-unsaturated/α-hetero) is 1. The van der Waals surface area contributed by atoms with Crippen molar-refractivity contribution in [3.8, 4) is 0 Å². The Labute approximate surface area is 235 Å². The van der Waals surface area contributed by atoms with Crippen LogP contribution >= 0.6 is 55.1 Å². The topological polar surface area (TPSA) is 74.8 Å². The van der Waals surface area contributed by atoms with Crippen molar-refractivity contribution in [2.24, 2.45) is 23.7 Å². The number of hydrogen-bond donors (Lipinski definition) is 0. The van der Waals surface area contributed by atoms with E-state index in [1.54, 1.807) is 37.3 Å². The van der Waals surface area contributed by atoms with Crippen LogP contribution in [-0.4, -0.2) is 49.2 Å². The van der Waals surface area contributed by atoms with Crippen LogP contribution in [0.4, 0.5) is 0 Å². The summed E-state index contributed by atoms with van der Waals surface area (Å²) in [6, 6.07) is 11.8. The summed E-state index contributed by atoms with van der Waals surface area (Å²) in [4.78, 5) is 55.4. The number of fused-ring (bicyclic) bond motifs is 5. The molecular weight excluding hydrogens is 635 g/mol. The van der Waals surface area contributed by atoms with Gasteiger partial charge in [-0.3, -0.25) is 19.2 Å². The second kappa shape index (κ2) is 9.86. The summed E-state index contributed by atoms with van der Waals surface area (Å²) in [7, 11) is 0. The molecule has 2 bridgehead atoms. The normalized spacial score (nSPS) is 29.4. The van der Waals surface area contributed by atoms with Crippen LogP contribution in [0.2, 0.25) is 10.0 Å². The number of amides is 3. The zero-order chi connectivity index (χ0) is 25.9. The summed E-state index contributed by atoms with van der Waals surface area (Å²) in [5.41, 5.74) is 0.512. The molecular formula is C26H22Br2Cl2N2O4. The molecule has 2 saturated carbocycles. The SMILES string of the molecule is CC[C@H](C(=O)c1ccccc1)N(C(=O)c1ccc(Cl)c(Cl)c1)N1C(=O)[C@@H]2[C@H]3C[C@@H]([C@H](Br)[C@@H]3Br)[C@@H]2C1=O. The molecule has 1 saturated heterocycles. The lowest BCUT2D eigenvalue weighted by Gasteiger charge is -2.36. The first-order chi connectivity index (χ1) is 17.2. The maximum Gasteiger partial charge on any atom is 0.273 e. The van der Waals surface area contributed by atoms with Crippen LogP contribution in [0.1, 0.15) is 40.5 Å². The third kappa shape index (κ3) is 3.96. The molecule has 10 heteroatoms. The van der Waals surface area contributed by atoms with Gasteiger partial charge in [-0.1, -0.05) is 92.3 Å². The Morgan fingerprint density at radius 3 is 2.06 bits per heavy atom. The van der Waals surface area contributed by atoms with Gasteiger partial charge < -0.3 is 0 Å². The van der Waals surface area contributed by atoms with E-state index < -0.39 is 35.6 Å². The van der Waals surface area contributed by atoms with Gasteiger partial charge in [0.1, 0.15) is 6.04 Å². The fraction of sp³-hybridized carbons (Fsp3) is 0.385. The number of rotatable bonds is 6. The number of hydrogen-bond acceptors (Lipinski definition) is 4. The van der Waals surface area contributed by atoms with Crippen molar-refractivity contribution in [3.05, 3.63) is 69.7 Å². The van der Waals surface area contributed by atoms with Crippen LogP contribution in [0.3, 0.4) is 0 Å². The Kier molecular flexibility index (Phi) is 7.09. The molecule has 0 N–H and O–H groups in total. The van der Waals surface area contributed by atoms with Gasteiger partial charge in [0.25, 0.3) is 17.7 Å². The van der Waals surface area contributed by atoms with E-state index >= 15 is 0 Å². The number of carbonyl (C=O) groups excluding carboxylic acids is 4. The first-order valence-corrected chi connectivity index (χ1v) is 14.3. The van der Waals surface area contributed by atoms with Crippen molar-refractivity contribution in [2.45, 2.75) is 35.5 Å². The van der Waals surface area contributed by atoms with Crippen molar-refractivity contribution in [2.75, 3.05) is 0 Å². The zero-order valence-electron chi connectivity index (χ0n) is 19.1. The molecule has 36 heavy (non-hydrogen) atoms. The van der Waals surface area contributed by atoms with Crippen LogP contribution < -0.4 is 0 Å². The number of alkyl halides is 2. The minimum atomic E-state index is -1.07. The predicted octanol–water partition coefficient (Wildman–Crippen LogP) is 5.79. The maximum atomic E-state index is 14.0. The summed E-state index contributed by atoms with van der Waals surface area (Å²) in [6.45, 7) is 1.75. The minimum Gasteiger partial charge on any atom is -0.292 e. The lowest BCUT2D eigenvalue weighted by molar-refractivity contribution is -0.157. The molecule has 3 fully saturated rings. The summed E-state index contributed by atoms with van der Waals surface area (Å²) >= 11 is 19.6. The molecule has 6 nitrogen and oxygen atoms in total. The van der Waals surface area contributed by atoms with E-state index in [4.69, 9.17) is 23.2 Å². The van der Waals surface area contributed by atoms with Gasteiger partial charge in [0.15, 0.2) is 5.78 Å². The molecule has 1 aliphatic heterocycles. The molecule has 1 heterocycles. The first kappa shape index (κ1) is 25.9. The van der Waals surface area contributed by atoms with E-state index in [1.807, 2.05) is 0 Å². The molecule has 2 aromatic carbocycles. The number of carbonyl (C=O) groups is 4. The summed E-state index contributed by atoms with van der Waals surface area (Å²) in [5, 5.41) is 2.42. The van der Waals surface area contributed by atoms with Crippen LogP contribution in [0.25, 0.3) is 0 Å². The van der Waals surface area contributed by atoms with E-state index in [0.717, 1.165) is 16.4 Å². The largest absolute Gasteiger partial charge is 0.292 e. The van der Waals surface area contributed by atoms with E-state index in [-0.39, 0.29) is 49.3 Å². The fourth-order valence-electron chi connectivity index (χ4n) is 5.94. The van der Waals surface area contributed by atoms with Gasteiger partial charge >= 0.3 is 0 Å². The highest BCUT2D eigenvalue weighted by atomic mass is 79.9. The quantitative estimate of drug-likeness (QED) is 0.224. The first-order valence-electron chi connectivity index (χ1n) is 11.7. The Hall–Kier alpha value is -1.74. The smallest absolute Gasteiger partial charge is 0.273 e. The summed E-state index contributed by atoms with van der Waals surface area (Å²) in [5.74, 6) is -3.02. The van der Waals surface area contributed by atoms with Gasteiger partial charge in [0.05, 0.1) is 21.9 Å². The third-order valence-electron chi connectivity index (χ3n) is 7.60. The average Bonchev–Trinajstić information content (AvgIpc) is 3.49. The standard InChI is InChI=1S/C26H22Br2Cl2N2O4/c1-2-18(23(33)12-6-4-3-5-7-12)31(24(34)13-8-9-16(29)17(30)10-13)32-25(35)19-14-11-15(20(19)26(32)36)22(28)21(14)27/h3-10,14-15,18-22H,2,11H2,1H3/t14-,15-,18-,19-,20+,21-,22+/m1/s1. The van der Waals surface area contributed by atoms with E-state index in [2.05, 4.69) is 31.9 Å². The van der Waals surface area contributed by atoms with Crippen molar-refractivity contribution >= 4 is 78.6 Å². The van der Waals surface area contributed by atoms with Crippen LogP contribution in [0.5, 0.6) is 0 Å². The molecule has 5 rings (SSSR count). The lowest BCUT2D eigenvalue weighted by Crippen LogP contribution is -2.57. The Morgan fingerprint density at radius 2 is 1.53 bits per heavy atom. The van der Waals surface area contributed by atoms with Crippen LogP contribution in [-0.2, 0) is 9.59 Å². The van der Waals surface area contributed by atoms with Crippen molar-refractivity contribution in [3.63, 3.8) is 0 Å². The fourth-order valence-corrected chi connectivity index (χ4v) is 8.11. The van der Waals surface area contributed by atoms with Crippen molar-refractivity contribution in [1.29, 1.82) is 0 Å². The monoisotopic (exact) mass is 654 g/mol. The highest BCUT2D eigenvalue weighted by Gasteiger charge is 2.68. The number of halogens is 4. The highest BCUT2D eigenvalue weighted by molar-refractivity contribution is 9.12. The maximum absolute atomic E-state index is 14.0. The van der Waals surface area contributed by atoms with Gasteiger partial charge in [-0.2, -0.15) is 5.01 Å². The molecule has 3 amide bonds. The molecule has 188 valence electrons. The van der Waals surface area contributed by atoms with Crippen molar-refractivity contribution in [1.82, 2.24) is 10.0 Å². The van der Waals surface area contributed by atoms with Gasteiger partial charge in [0, 0.05) is 20.8 Å². The average molecular weight is 657 g/mol. The van der Waals surface area contributed by atoms with Gasteiger partial charge in [-0.05, 0) is 42.9 Å². The van der Waals surface area contributed by atoms with Gasteiger partial charge in [-0.25, -0.2) is 5.01 Å². The van der Waals surface area contributed by atoms with Crippen LogP contribution in [0.15, 0.2) is 48.5 Å². The Bertz CT molecular complexity index is 1230. The van der Waals surface area contributed by atoms with E-state index in [0.29, 0.717) is 5.56 Å². The molecule has 0 radical (unpaired) electrons. The Balaban J connectivity index is 1.59. The minimum absolute atomic E-state index is 0.0299. The van der Waals surface area contributed by atoms with E-state index in [1.165, 1.54) is 18.2 Å². The number of benzene rings is 2. The van der Waals surface area contributed by atoms with Crippen molar-refractivity contribution < 1.29 is 19.2 Å². The Morgan fingerprint density at radius 1 is 0.944 bits per heavy atom. The molecule has 2 aromatic rings. The van der Waals surface area contributed by atoms with Crippen LogP contribution in [0, 0.1) is 23.7 Å². The number of hydrazine groups is 1. The van der Waals surface area contributed by atoms with Gasteiger partial charge in [0.2, 0.25) is 0 Å². The second-order valence-electron chi connectivity index (χ2n) is 9.43. The molecule has 3 aliphatic rings. The second-order valence-corrected chi connectivity index (χ2v) is 12.4. The predicted molar refractivity (Wildman–Crippen MR) is 143 cm³/mol. The summed E-state index contributed by atoms with van der Waals surface area (Å²) < 4.78 is 0. The molecule has 2 aliphatic carbocycles. The number of imide groups is 1. The van der Waals surface area contributed by atoms with Gasteiger partial charge in [-0.15, -0.1) is 0 Å². The molecule has 0 unspecified atom stereocenters. The number of nitrogens with zero attached hydrogens (tertiary/aromatic N) is 2. The zero-order valence-corrected chi connectivity index (χ0v) is 23.8. The lowest BCUT2D eigenvalue weighted by atomic mass is 9.81. The number of ketones is 1. The third-order valence-corrected chi connectivity index (χ3v) is 11.5. The highest BCUT2D eigenvalue weighted by Crippen LogP contribution is 2.60. The van der Waals surface area contributed by atoms with E-state index in [9.17, 15) is 19.2 Å². The molecule has 0 spiro atoms. The molecule has 0 aromatic heterocycles.